The maximum atomic E-state index is 12.0. The smallest absolute Gasteiger partial charge is 0.336 e. The van der Waals surface area contributed by atoms with Gasteiger partial charge in [-0.3, -0.25) is 4.79 Å². The molecule has 0 aliphatic rings. The minimum Gasteiger partial charge on any atom is -0.497 e. The number of methoxy groups -OCH3 is 1. The van der Waals surface area contributed by atoms with Crippen molar-refractivity contribution in [1.29, 1.82) is 0 Å². The standard InChI is InChI=1S/C29H30N2O5/c1-29(2,3)23-10-16-25(17-11-23)35-20-27(32)31-30-19-22-7-14-26(15-8-22)36-28(33)18-9-21-5-12-24(34-4)13-6-21/h5-19H,20H2,1-4H3,(H,31,32)/b18-9+,30-19+. The Morgan fingerprint density at radius 1 is 0.833 bits per heavy atom. The Hall–Kier alpha value is -4.39. The van der Waals surface area contributed by atoms with E-state index < -0.39 is 5.97 Å². The molecule has 3 aromatic rings. The van der Waals surface area contributed by atoms with Gasteiger partial charge in [0, 0.05) is 6.08 Å². The van der Waals surface area contributed by atoms with Gasteiger partial charge >= 0.3 is 5.97 Å². The van der Waals surface area contributed by atoms with Crippen molar-refractivity contribution in [2.45, 2.75) is 26.2 Å². The fourth-order valence-electron chi connectivity index (χ4n) is 3.06. The number of carbonyl (C=O) groups excluding carboxylic acids is 2. The van der Waals surface area contributed by atoms with Crippen LogP contribution in [0.2, 0.25) is 0 Å². The minimum absolute atomic E-state index is 0.0549. The SMILES string of the molecule is COc1ccc(/C=C/C(=O)Oc2ccc(/C=N/NC(=O)COc3ccc(C(C)(C)C)cc3)cc2)cc1. The maximum absolute atomic E-state index is 12.0. The fourth-order valence-corrected chi connectivity index (χ4v) is 3.06. The highest BCUT2D eigenvalue weighted by atomic mass is 16.5. The number of hydrazone groups is 1. The van der Waals surface area contributed by atoms with Crippen LogP contribution in [0, 0.1) is 0 Å². The Morgan fingerprint density at radius 3 is 2.03 bits per heavy atom. The van der Waals surface area contributed by atoms with E-state index >= 15 is 0 Å². The molecule has 0 heterocycles. The second-order valence-corrected chi connectivity index (χ2v) is 8.95. The molecule has 7 nitrogen and oxygen atoms in total. The van der Waals surface area contributed by atoms with Crippen LogP contribution in [0.25, 0.3) is 6.08 Å². The Labute approximate surface area is 211 Å². The van der Waals surface area contributed by atoms with E-state index in [9.17, 15) is 9.59 Å². The number of esters is 1. The maximum Gasteiger partial charge on any atom is 0.336 e. The highest BCUT2D eigenvalue weighted by Crippen LogP contribution is 2.24. The number of hydrogen-bond acceptors (Lipinski definition) is 6. The first-order valence-electron chi connectivity index (χ1n) is 11.4. The molecule has 1 amide bonds. The summed E-state index contributed by atoms with van der Waals surface area (Å²) in [6.45, 7) is 6.26. The van der Waals surface area contributed by atoms with E-state index in [1.165, 1.54) is 17.9 Å². The third-order valence-corrected chi connectivity index (χ3v) is 5.12. The van der Waals surface area contributed by atoms with E-state index in [1.54, 1.807) is 37.5 Å². The van der Waals surface area contributed by atoms with Gasteiger partial charge in [0.2, 0.25) is 0 Å². The van der Waals surface area contributed by atoms with Crippen LogP contribution in [-0.4, -0.2) is 31.8 Å². The van der Waals surface area contributed by atoms with Gasteiger partial charge in [0.25, 0.3) is 5.91 Å². The number of nitrogens with one attached hydrogen (secondary N) is 1. The molecule has 0 fully saturated rings. The zero-order valence-electron chi connectivity index (χ0n) is 20.9. The Kier molecular flexibility index (Phi) is 9.00. The zero-order valence-corrected chi connectivity index (χ0v) is 20.9. The number of amides is 1. The summed E-state index contributed by atoms with van der Waals surface area (Å²) in [5, 5.41) is 3.93. The van der Waals surface area contributed by atoms with Gasteiger partial charge in [0.05, 0.1) is 13.3 Å². The van der Waals surface area contributed by atoms with Crippen molar-refractivity contribution >= 4 is 24.2 Å². The van der Waals surface area contributed by atoms with E-state index in [0.29, 0.717) is 11.5 Å². The molecule has 0 saturated carbocycles. The van der Waals surface area contributed by atoms with Gasteiger partial charge in [-0.1, -0.05) is 45.0 Å². The van der Waals surface area contributed by atoms with Crippen LogP contribution in [0.5, 0.6) is 17.2 Å². The lowest BCUT2D eigenvalue weighted by Gasteiger charge is -2.19. The highest BCUT2D eigenvalue weighted by Gasteiger charge is 2.13. The molecule has 0 saturated heterocycles. The van der Waals surface area contributed by atoms with E-state index in [-0.39, 0.29) is 17.9 Å². The number of ether oxygens (including phenoxy) is 3. The van der Waals surface area contributed by atoms with Crippen LogP contribution in [0.4, 0.5) is 0 Å². The van der Waals surface area contributed by atoms with Crippen molar-refractivity contribution < 1.29 is 23.8 Å². The van der Waals surface area contributed by atoms with Crippen LogP contribution in [0.1, 0.15) is 37.5 Å². The monoisotopic (exact) mass is 486 g/mol. The fraction of sp³-hybridized carbons (Fsp3) is 0.207. The lowest BCUT2D eigenvalue weighted by Crippen LogP contribution is -2.24. The predicted octanol–water partition coefficient (Wildman–Crippen LogP) is 5.14. The number of carbonyl (C=O) groups is 2. The topological polar surface area (TPSA) is 86.2 Å². The largest absolute Gasteiger partial charge is 0.497 e. The summed E-state index contributed by atoms with van der Waals surface area (Å²) >= 11 is 0. The van der Waals surface area contributed by atoms with Crippen molar-refractivity contribution in [1.82, 2.24) is 5.43 Å². The van der Waals surface area contributed by atoms with Crippen LogP contribution in [0.15, 0.2) is 84.0 Å². The van der Waals surface area contributed by atoms with Gasteiger partial charge in [0.1, 0.15) is 17.2 Å². The summed E-state index contributed by atoms with van der Waals surface area (Å²) < 4.78 is 15.9. The molecule has 1 N–H and O–H groups in total. The Bertz CT molecular complexity index is 1210. The van der Waals surface area contributed by atoms with Crippen molar-refractivity contribution in [3.63, 3.8) is 0 Å². The van der Waals surface area contributed by atoms with Crippen LogP contribution < -0.4 is 19.6 Å². The summed E-state index contributed by atoms with van der Waals surface area (Å²) in [6.07, 6.45) is 4.51. The molecule has 186 valence electrons. The van der Waals surface area contributed by atoms with Gasteiger partial charge in [-0.2, -0.15) is 5.10 Å². The van der Waals surface area contributed by atoms with E-state index in [1.807, 2.05) is 48.5 Å². The molecule has 7 heteroatoms. The number of hydrogen-bond donors (Lipinski definition) is 1. The third kappa shape index (κ3) is 8.43. The summed E-state index contributed by atoms with van der Waals surface area (Å²) in [4.78, 5) is 24.0. The molecule has 0 aliphatic heterocycles. The molecule has 0 atom stereocenters. The third-order valence-electron chi connectivity index (χ3n) is 5.12. The molecule has 0 bridgehead atoms. The van der Waals surface area contributed by atoms with Crippen molar-refractivity contribution in [3.05, 3.63) is 95.6 Å². The summed E-state index contributed by atoms with van der Waals surface area (Å²) in [5.41, 5.74) is 5.25. The molecule has 0 spiro atoms. The zero-order chi connectivity index (χ0) is 26.0. The van der Waals surface area contributed by atoms with E-state index in [4.69, 9.17) is 14.2 Å². The molecular weight excluding hydrogens is 456 g/mol. The van der Waals surface area contributed by atoms with Crippen molar-refractivity contribution in [2.24, 2.45) is 5.10 Å². The first-order chi connectivity index (χ1) is 17.2. The first kappa shape index (κ1) is 26.2. The molecule has 0 radical (unpaired) electrons. The van der Waals surface area contributed by atoms with Crippen molar-refractivity contribution in [3.8, 4) is 17.2 Å². The molecular formula is C29H30N2O5. The van der Waals surface area contributed by atoms with Gasteiger partial charge in [0.15, 0.2) is 6.61 Å². The Morgan fingerprint density at radius 2 is 1.42 bits per heavy atom. The normalized spacial score (nSPS) is 11.4. The molecule has 36 heavy (non-hydrogen) atoms. The van der Waals surface area contributed by atoms with Crippen LogP contribution >= 0.6 is 0 Å². The lowest BCUT2D eigenvalue weighted by molar-refractivity contribution is -0.129. The van der Waals surface area contributed by atoms with Gasteiger partial charge in [-0.05, 0) is 76.7 Å². The van der Waals surface area contributed by atoms with E-state index in [0.717, 1.165) is 16.9 Å². The van der Waals surface area contributed by atoms with Crippen LogP contribution in [-0.2, 0) is 15.0 Å². The minimum atomic E-state index is -0.493. The summed E-state index contributed by atoms with van der Waals surface area (Å²) in [6, 6.07) is 21.7. The molecule has 0 aromatic heterocycles. The highest BCUT2D eigenvalue weighted by molar-refractivity contribution is 5.89. The summed E-state index contributed by atoms with van der Waals surface area (Å²) in [5.74, 6) is 0.888. The second-order valence-electron chi connectivity index (χ2n) is 8.95. The number of benzene rings is 3. The molecule has 3 aromatic carbocycles. The first-order valence-corrected chi connectivity index (χ1v) is 11.4. The predicted molar refractivity (Wildman–Crippen MR) is 140 cm³/mol. The number of nitrogens with zero attached hydrogens (tertiary/aromatic N) is 1. The van der Waals surface area contributed by atoms with Gasteiger partial charge < -0.3 is 14.2 Å². The molecule has 0 aliphatic carbocycles. The number of rotatable bonds is 9. The molecule has 0 unspecified atom stereocenters. The van der Waals surface area contributed by atoms with Gasteiger partial charge in [-0.15, -0.1) is 0 Å². The quantitative estimate of drug-likeness (QED) is 0.149. The second kappa shape index (κ2) is 12.4. The average molecular weight is 487 g/mol. The van der Waals surface area contributed by atoms with Crippen LogP contribution in [0.3, 0.4) is 0 Å². The lowest BCUT2D eigenvalue weighted by atomic mass is 9.87. The summed E-state index contributed by atoms with van der Waals surface area (Å²) in [7, 11) is 1.60. The molecule has 3 rings (SSSR count). The average Bonchev–Trinajstić information content (AvgIpc) is 2.87. The van der Waals surface area contributed by atoms with Crippen molar-refractivity contribution in [2.75, 3.05) is 13.7 Å². The Balaban J connectivity index is 1.42. The van der Waals surface area contributed by atoms with E-state index in [2.05, 4.69) is 31.3 Å². The van der Waals surface area contributed by atoms with Gasteiger partial charge in [-0.25, -0.2) is 10.2 Å².